The molecule has 206 valence electrons. The van der Waals surface area contributed by atoms with Gasteiger partial charge in [-0.05, 0) is 55.3 Å². The van der Waals surface area contributed by atoms with Gasteiger partial charge in [0.15, 0.2) is 0 Å². The van der Waals surface area contributed by atoms with Gasteiger partial charge in [-0.2, -0.15) is 0 Å². The molecule has 0 heterocycles. The van der Waals surface area contributed by atoms with Crippen molar-refractivity contribution < 1.29 is 18.0 Å². The Balaban J connectivity index is 1.72. The molecule has 0 bridgehead atoms. The lowest BCUT2D eigenvalue weighted by molar-refractivity contribution is 0.0954. The van der Waals surface area contributed by atoms with E-state index in [1.165, 1.54) is 4.31 Å². The molecule has 0 atom stereocenters. The number of para-hydroxylation sites is 2. The maximum atomic E-state index is 14.0. The molecule has 4 aromatic carbocycles. The number of nitrogens with zero attached hydrogens (tertiary/aromatic N) is 1. The van der Waals surface area contributed by atoms with E-state index in [1.54, 1.807) is 72.8 Å². The average molecular weight is 556 g/mol. The van der Waals surface area contributed by atoms with Gasteiger partial charge in [0, 0.05) is 6.54 Å². The van der Waals surface area contributed by atoms with Crippen LogP contribution >= 0.6 is 0 Å². The molecule has 0 aromatic heterocycles. The highest BCUT2D eigenvalue weighted by atomic mass is 32.2. The molecular weight excluding hydrogens is 522 g/mol. The Bertz CT molecular complexity index is 1570. The van der Waals surface area contributed by atoms with Crippen LogP contribution in [0.4, 0.5) is 11.4 Å². The zero-order chi connectivity index (χ0) is 28.5. The van der Waals surface area contributed by atoms with Crippen molar-refractivity contribution in [2.24, 2.45) is 0 Å². The Morgan fingerprint density at radius 3 is 2.08 bits per heavy atom. The van der Waals surface area contributed by atoms with Crippen LogP contribution in [0.5, 0.6) is 0 Å². The normalized spacial score (nSPS) is 11.1. The third-order valence-corrected chi connectivity index (χ3v) is 8.21. The number of unbranched alkanes of at least 4 members (excludes halogenated alkanes) is 1. The van der Waals surface area contributed by atoms with Crippen molar-refractivity contribution in [1.29, 1.82) is 0 Å². The van der Waals surface area contributed by atoms with Crippen molar-refractivity contribution in [3.05, 3.63) is 125 Å². The molecule has 0 aliphatic rings. The number of aryl methyl sites for hydroxylation is 1. The summed E-state index contributed by atoms with van der Waals surface area (Å²) in [5, 5.41) is 5.71. The second kappa shape index (κ2) is 13.1. The molecular formula is C32H33N3O4S. The van der Waals surface area contributed by atoms with Crippen molar-refractivity contribution >= 4 is 33.2 Å². The fraction of sp³-hybridized carbons (Fsp3) is 0.188. The molecule has 0 aliphatic carbocycles. The smallest absolute Gasteiger partial charge is 0.264 e. The van der Waals surface area contributed by atoms with Gasteiger partial charge in [-0.1, -0.05) is 85.6 Å². The number of hydrogen-bond donors (Lipinski definition) is 2. The molecule has 2 N–H and O–H groups in total. The highest BCUT2D eigenvalue weighted by molar-refractivity contribution is 7.92. The van der Waals surface area contributed by atoms with E-state index in [-0.39, 0.29) is 28.6 Å². The molecule has 0 unspecified atom stereocenters. The van der Waals surface area contributed by atoms with E-state index in [1.807, 2.05) is 44.2 Å². The fourth-order valence-electron chi connectivity index (χ4n) is 4.22. The van der Waals surface area contributed by atoms with E-state index in [4.69, 9.17) is 0 Å². The molecule has 4 aromatic rings. The van der Waals surface area contributed by atoms with Crippen LogP contribution in [0, 0.1) is 6.92 Å². The molecule has 0 radical (unpaired) electrons. The summed E-state index contributed by atoms with van der Waals surface area (Å²) in [6.07, 6.45) is 1.79. The lowest BCUT2D eigenvalue weighted by atomic mass is 10.1. The van der Waals surface area contributed by atoms with Crippen molar-refractivity contribution in [1.82, 2.24) is 5.32 Å². The number of rotatable bonds is 11. The predicted octanol–water partition coefficient (Wildman–Crippen LogP) is 6.17. The third kappa shape index (κ3) is 6.76. The number of hydrogen-bond acceptors (Lipinski definition) is 4. The second-order valence-electron chi connectivity index (χ2n) is 9.44. The Morgan fingerprint density at radius 2 is 1.38 bits per heavy atom. The molecule has 2 amide bonds. The maximum absolute atomic E-state index is 14.0. The van der Waals surface area contributed by atoms with E-state index in [0.29, 0.717) is 17.8 Å². The molecule has 7 nitrogen and oxygen atoms in total. The van der Waals surface area contributed by atoms with Crippen LogP contribution in [0.15, 0.2) is 108 Å². The van der Waals surface area contributed by atoms with Gasteiger partial charge in [0.05, 0.1) is 33.9 Å². The van der Waals surface area contributed by atoms with Crippen LogP contribution in [0.3, 0.4) is 0 Å². The lowest BCUT2D eigenvalue weighted by Gasteiger charge is -2.27. The number of anilines is 2. The molecule has 0 saturated carbocycles. The molecule has 0 spiro atoms. The molecule has 40 heavy (non-hydrogen) atoms. The molecule has 0 saturated heterocycles. The quantitative estimate of drug-likeness (QED) is 0.216. The highest BCUT2D eigenvalue weighted by Gasteiger charge is 2.29. The van der Waals surface area contributed by atoms with Crippen LogP contribution in [0.25, 0.3) is 0 Å². The minimum atomic E-state index is -4.04. The van der Waals surface area contributed by atoms with Crippen molar-refractivity contribution in [2.75, 3.05) is 16.2 Å². The number of carbonyl (C=O) groups is 2. The third-order valence-electron chi connectivity index (χ3n) is 6.43. The maximum Gasteiger partial charge on any atom is 0.264 e. The number of nitrogens with one attached hydrogen (secondary N) is 2. The molecule has 4 rings (SSSR count). The van der Waals surface area contributed by atoms with Gasteiger partial charge in [0.1, 0.15) is 0 Å². The summed E-state index contributed by atoms with van der Waals surface area (Å²) >= 11 is 0. The first-order valence-corrected chi connectivity index (χ1v) is 14.7. The Morgan fingerprint density at radius 1 is 0.750 bits per heavy atom. The van der Waals surface area contributed by atoms with Gasteiger partial charge in [-0.15, -0.1) is 0 Å². The van der Waals surface area contributed by atoms with Gasteiger partial charge in [0.25, 0.3) is 21.8 Å². The summed E-state index contributed by atoms with van der Waals surface area (Å²) < 4.78 is 29.2. The minimum absolute atomic E-state index is 0.0256. The zero-order valence-corrected chi connectivity index (χ0v) is 23.4. The number of benzene rings is 4. The number of sulfonamides is 1. The molecule has 0 fully saturated rings. The first kappa shape index (κ1) is 28.6. The zero-order valence-electron chi connectivity index (χ0n) is 22.6. The van der Waals surface area contributed by atoms with Crippen molar-refractivity contribution in [3.63, 3.8) is 0 Å². The SMILES string of the molecule is CCCCNC(=O)c1ccccc1NC(=O)c1ccccc1N(Cc1ccccc1)S(=O)(=O)c1ccc(C)cc1. The van der Waals surface area contributed by atoms with Gasteiger partial charge >= 0.3 is 0 Å². The van der Waals surface area contributed by atoms with Gasteiger partial charge in [-0.25, -0.2) is 8.42 Å². The lowest BCUT2D eigenvalue weighted by Crippen LogP contribution is -2.32. The van der Waals surface area contributed by atoms with E-state index in [2.05, 4.69) is 10.6 Å². The summed E-state index contributed by atoms with van der Waals surface area (Å²) in [5.41, 5.74) is 2.77. The van der Waals surface area contributed by atoms with Crippen LogP contribution in [-0.4, -0.2) is 26.8 Å². The van der Waals surface area contributed by atoms with Crippen LogP contribution in [0.1, 0.15) is 51.6 Å². The summed E-state index contributed by atoms with van der Waals surface area (Å²) in [6, 6.07) is 29.2. The Hall–Kier alpha value is -4.43. The number of amides is 2. The van der Waals surface area contributed by atoms with E-state index in [0.717, 1.165) is 24.0 Å². The van der Waals surface area contributed by atoms with Crippen LogP contribution in [0.2, 0.25) is 0 Å². The summed E-state index contributed by atoms with van der Waals surface area (Å²) in [5.74, 6) is -0.813. The van der Waals surface area contributed by atoms with Crippen molar-refractivity contribution in [2.45, 2.75) is 38.1 Å². The van der Waals surface area contributed by atoms with E-state index in [9.17, 15) is 18.0 Å². The van der Waals surface area contributed by atoms with E-state index < -0.39 is 15.9 Å². The van der Waals surface area contributed by atoms with Crippen molar-refractivity contribution in [3.8, 4) is 0 Å². The first-order valence-electron chi connectivity index (χ1n) is 13.2. The van der Waals surface area contributed by atoms with Crippen LogP contribution < -0.4 is 14.9 Å². The Kier molecular flexibility index (Phi) is 9.35. The van der Waals surface area contributed by atoms with Gasteiger partial charge in [-0.3, -0.25) is 13.9 Å². The van der Waals surface area contributed by atoms with Gasteiger partial charge < -0.3 is 10.6 Å². The molecule has 8 heteroatoms. The monoisotopic (exact) mass is 555 g/mol. The second-order valence-corrected chi connectivity index (χ2v) is 11.3. The Labute approximate surface area is 235 Å². The summed E-state index contributed by atoms with van der Waals surface area (Å²) in [6.45, 7) is 4.49. The van der Waals surface area contributed by atoms with Gasteiger partial charge in [0.2, 0.25) is 0 Å². The summed E-state index contributed by atoms with van der Waals surface area (Å²) in [7, 11) is -4.04. The molecule has 0 aliphatic heterocycles. The predicted molar refractivity (Wildman–Crippen MR) is 159 cm³/mol. The summed E-state index contributed by atoms with van der Waals surface area (Å²) in [4.78, 5) is 26.6. The first-order chi connectivity index (χ1) is 19.3. The highest BCUT2D eigenvalue weighted by Crippen LogP contribution is 2.30. The van der Waals surface area contributed by atoms with E-state index >= 15 is 0 Å². The topological polar surface area (TPSA) is 95.6 Å². The largest absolute Gasteiger partial charge is 0.352 e. The standard InChI is InChI=1S/C32H33N3O4S/c1-3-4-22-33-31(36)27-14-8-10-16-29(27)34-32(37)28-15-9-11-17-30(28)35(23-25-12-6-5-7-13-25)40(38,39)26-20-18-24(2)19-21-26/h5-21H,3-4,22-23H2,1-2H3,(H,33,36)(H,34,37). The fourth-order valence-corrected chi connectivity index (χ4v) is 5.69. The number of carbonyl (C=O) groups excluding carboxylic acids is 2. The minimum Gasteiger partial charge on any atom is -0.352 e. The average Bonchev–Trinajstić information content (AvgIpc) is 2.97. The van der Waals surface area contributed by atoms with Crippen LogP contribution in [-0.2, 0) is 16.6 Å².